The average molecular weight is 339 g/mol. The molecule has 1 fully saturated rings. The van der Waals surface area contributed by atoms with Crippen LogP contribution in [0.2, 0.25) is 0 Å². The molecule has 142 valence electrons. The van der Waals surface area contributed by atoms with Gasteiger partial charge in [-0.3, -0.25) is 4.79 Å². The fourth-order valence-corrected chi connectivity index (χ4v) is 4.30. The van der Waals surface area contributed by atoms with E-state index in [0.29, 0.717) is 5.92 Å². The highest BCUT2D eigenvalue weighted by molar-refractivity contribution is 5.70. The Balaban J connectivity index is 1.93. The molecule has 0 spiro atoms. The summed E-state index contributed by atoms with van der Waals surface area (Å²) in [5.41, 5.74) is 0. The fraction of sp³-hybridized carbons (Fsp3) is 0.955. The maximum atomic E-state index is 11.5. The smallest absolute Gasteiger partial charge is 0.306 e. The molecular formula is C22H42O2. The van der Waals surface area contributed by atoms with E-state index < -0.39 is 5.97 Å². The molecule has 1 N–H and O–H groups in total. The number of carboxylic acid groups (broad SMARTS) is 1. The van der Waals surface area contributed by atoms with E-state index in [4.69, 9.17) is 0 Å². The molecule has 1 rings (SSSR count). The van der Waals surface area contributed by atoms with Crippen molar-refractivity contribution in [3.05, 3.63) is 0 Å². The summed E-state index contributed by atoms with van der Waals surface area (Å²) < 4.78 is 0. The highest BCUT2D eigenvalue weighted by Gasteiger charge is 2.28. The Hall–Kier alpha value is -0.530. The maximum Gasteiger partial charge on any atom is 0.306 e. The van der Waals surface area contributed by atoms with Crippen molar-refractivity contribution in [3.63, 3.8) is 0 Å². The van der Waals surface area contributed by atoms with Crippen LogP contribution in [-0.4, -0.2) is 11.1 Å². The lowest BCUT2D eigenvalue weighted by atomic mass is 9.78. The van der Waals surface area contributed by atoms with E-state index in [1.54, 1.807) is 0 Å². The van der Waals surface area contributed by atoms with Gasteiger partial charge in [-0.25, -0.2) is 0 Å². The molecule has 0 heterocycles. The van der Waals surface area contributed by atoms with E-state index in [9.17, 15) is 9.90 Å². The first-order valence-electron chi connectivity index (χ1n) is 11.0. The molecule has 2 heteroatoms. The van der Waals surface area contributed by atoms with E-state index in [2.05, 4.69) is 6.92 Å². The molecule has 1 saturated carbocycles. The molecule has 0 saturated heterocycles. The van der Waals surface area contributed by atoms with Gasteiger partial charge < -0.3 is 5.11 Å². The molecule has 1 aliphatic carbocycles. The first-order chi connectivity index (χ1) is 11.8. The van der Waals surface area contributed by atoms with Gasteiger partial charge in [0.05, 0.1) is 5.92 Å². The van der Waals surface area contributed by atoms with Crippen molar-refractivity contribution in [2.24, 2.45) is 11.8 Å². The van der Waals surface area contributed by atoms with Crippen molar-refractivity contribution in [2.75, 3.05) is 0 Å². The highest BCUT2D eigenvalue weighted by atomic mass is 16.4. The zero-order valence-corrected chi connectivity index (χ0v) is 16.2. The van der Waals surface area contributed by atoms with Crippen LogP contribution in [0.4, 0.5) is 0 Å². The number of carboxylic acids is 1. The second-order valence-corrected chi connectivity index (χ2v) is 8.02. The van der Waals surface area contributed by atoms with Crippen LogP contribution in [0, 0.1) is 11.8 Å². The van der Waals surface area contributed by atoms with Crippen LogP contribution < -0.4 is 0 Å². The molecule has 1 unspecified atom stereocenters. The van der Waals surface area contributed by atoms with Gasteiger partial charge in [-0.05, 0) is 25.2 Å². The highest BCUT2D eigenvalue weighted by Crippen LogP contribution is 2.33. The van der Waals surface area contributed by atoms with Crippen molar-refractivity contribution < 1.29 is 9.90 Å². The summed E-state index contributed by atoms with van der Waals surface area (Å²) in [5.74, 6) is -0.137. The predicted octanol–water partition coefficient (Wildman–Crippen LogP) is 7.36. The number of aliphatic carboxylic acids is 1. The first kappa shape index (κ1) is 21.5. The molecule has 0 amide bonds. The molecule has 0 bridgehead atoms. The van der Waals surface area contributed by atoms with Crippen molar-refractivity contribution in [1.82, 2.24) is 0 Å². The first-order valence-corrected chi connectivity index (χ1v) is 11.0. The quantitative estimate of drug-likeness (QED) is 0.317. The van der Waals surface area contributed by atoms with Gasteiger partial charge >= 0.3 is 5.97 Å². The molecule has 0 radical (unpaired) electrons. The van der Waals surface area contributed by atoms with Gasteiger partial charge in [0.1, 0.15) is 0 Å². The number of hydrogen-bond donors (Lipinski definition) is 1. The van der Waals surface area contributed by atoms with Crippen molar-refractivity contribution in [3.8, 4) is 0 Å². The van der Waals surface area contributed by atoms with Gasteiger partial charge in [-0.2, -0.15) is 0 Å². The van der Waals surface area contributed by atoms with Crippen LogP contribution >= 0.6 is 0 Å². The molecule has 0 aromatic carbocycles. The summed E-state index contributed by atoms with van der Waals surface area (Å²) >= 11 is 0. The summed E-state index contributed by atoms with van der Waals surface area (Å²) in [6, 6.07) is 0. The second kappa shape index (κ2) is 14.8. The van der Waals surface area contributed by atoms with E-state index in [1.807, 2.05) is 0 Å². The Bertz CT molecular complexity index is 294. The minimum Gasteiger partial charge on any atom is -0.481 e. The molecular weight excluding hydrogens is 296 g/mol. The molecule has 2 nitrogen and oxygen atoms in total. The van der Waals surface area contributed by atoms with E-state index >= 15 is 0 Å². The number of rotatable bonds is 15. The minimum absolute atomic E-state index is 0.0616. The van der Waals surface area contributed by atoms with Gasteiger partial charge in [0, 0.05) is 0 Å². The third-order valence-corrected chi connectivity index (χ3v) is 5.90. The van der Waals surface area contributed by atoms with Gasteiger partial charge in [-0.1, -0.05) is 103 Å². The molecule has 24 heavy (non-hydrogen) atoms. The Kier molecular flexibility index (Phi) is 13.3. The van der Waals surface area contributed by atoms with Crippen LogP contribution in [0.5, 0.6) is 0 Å². The molecule has 0 aliphatic heterocycles. The van der Waals surface area contributed by atoms with E-state index in [-0.39, 0.29) is 5.92 Å². The Morgan fingerprint density at radius 1 is 0.792 bits per heavy atom. The Labute approximate surface area is 150 Å². The molecule has 1 atom stereocenters. The summed E-state index contributed by atoms with van der Waals surface area (Å²) in [6.07, 6.45) is 23.2. The number of hydrogen-bond acceptors (Lipinski definition) is 1. The summed E-state index contributed by atoms with van der Waals surface area (Å²) in [7, 11) is 0. The van der Waals surface area contributed by atoms with Gasteiger partial charge in [0.25, 0.3) is 0 Å². The fourth-order valence-electron chi connectivity index (χ4n) is 4.30. The standard InChI is InChI=1S/C22H42O2/c1-2-3-4-5-6-7-8-9-10-11-12-16-19-21(22(23)24)20-17-14-13-15-18-20/h20-21H,2-19H2,1H3,(H,23,24). The van der Waals surface area contributed by atoms with Gasteiger partial charge in [0.2, 0.25) is 0 Å². The Morgan fingerprint density at radius 2 is 1.25 bits per heavy atom. The van der Waals surface area contributed by atoms with Crippen LogP contribution in [0.25, 0.3) is 0 Å². The zero-order chi connectivity index (χ0) is 17.5. The lowest BCUT2D eigenvalue weighted by Crippen LogP contribution is -2.25. The van der Waals surface area contributed by atoms with Crippen LogP contribution in [0.1, 0.15) is 122 Å². The van der Waals surface area contributed by atoms with Crippen molar-refractivity contribution >= 4 is 5.97 Å². The number of unbranched alkanes of at least 4 members (excludes halogenated alkanes) is 11. The maximum absolute atomic E-state index is 11.5. The monoisotopic (exact) mass is 338 g/mol. The van der Waals surface area contributed by atoms with E-state index in [0.717, 1.165) is 25.7 Å². The third-order valence-electron chi connectivity index (χ3n) is 5.90. The summed E-state index contributed by atoms with van der Waals surface area (Å²) in [6.45, 7) is 2.27. The largest absolute Gasteiger partial charge is 0.481 e. The van der Waals surface area contributed by atoms with Gasteiger partial charge in [0.15, 0.2) is 0 Å². The normalized spacial score (nSPS) is 17.0. The van der Waals surface area contributed by atoms with Crippen molar-refractivity contribution in [2.45, 2.75) is 122 Å². The van der Waals surface area contributed by atoms with Crippen LogP contribution in [-0.2, 0) is 4.79 Å². The Morgan fingerprint density at radius 3 is 1.71 bits per heavy atom. The lowest BCUT2D eigenvalue weighted by molar-refractivity contribution is -0.144. The topological polar surface area (TPSA) is 37.3 Å². The predicted molar refractivity (Wildman–Crippen MR) is 103 cm³/mol. The van der Waals surface area contributed by atoms with Crippen LogP contribution in [0.3, 0.4) is 0 Å². The third kappa shape index (κ3) is 10.4. The summed E-state index contributed by atoms with van der Waals surface area (Å²) in [5, 5.41) is 9.50. The van der Waals surface area contributed by atoms with Crippen LogP contribution in [0.15, 0.2) is 0 Å². The molecule has 1 aliphatic rings. The molecule has 0 aromatic rings. The second-order valence-electron chi connectivity index (χ2n) is 8.02. The minimum atomic E-state index is -0.537. The zero-order valence-electron chi connectivity index (χ0n) is 16.2. The van der Waals surface area contributed by atoms with E-state index in [1.165, 1.54) is 89.9 Å². The van der Waals surface area contributed by atoms with Gasteiger partial charge in [-0.15, -0.1) is 0 Å². The lowest BCUT2D eigenvalue weighted by Gasteiger charge is -2.27. The molecule has 0 aromatic heterocycles. The SMILES string of the molecule is CCCCCCCCCCCCCCC(C(=O)O)C1CCCCC1. The summed E-state index contributed by atoms with van der Waals surface area (Å²) in [4.78, 5) is 11.5. The number of carbonyl (C=O) groups is 1. The average Bonchev–Trinajstić information content (AvgIpc) is 2.59. The van der Waals surface area contributed by atoms with Crippen molar-refractivity contribution in [1.29, 1.82) is 0 Å².